The monoisotopic (exact) mass is 350 g/mol. The molecule has 0 aromatic carbocycles. The van der Waals surface area contributed by atoms with Crippen LogP contribution in [0.25, 0.3) is 0 Å². The lowest BCUT2D eigenvalue weighted by Gasteiger charge is -1.68. The molecule has 74 valence electrons. The molecule has 0 bridgehead atoms. The molecule has 0 aliphatic rings. The molecule has 0 amide bonds. The van der Waals surface area contributed by atoms with Gasteiger partial charge in [-0.25, -0.2) is 0 Å². The summed E-state index contributed by atoms with van der Waals surface area (Å²) in [5.41, 5.74) is 0. The maximum absolute atomic E-state index is 4.87. The van der Waals surface area contributed by atoms with Crippen LogP contribution in [0.4, 0.5) is 0 Å². The third kappa shape index (κ3) is 115. The Hall–Kier alpha value is 3.18. The molecular formula is H8Cl8P2. The molecule has 0 rings (SSSR count). The molecule has 0 heterocycles. The highest BCUT2D eigenvalue weighted by Gasteiger charge is 1.80. The third-order valence-corrected chi connectivity index (χ3v) is 0. The Kier molecular flexibility index (Phi) is 204. The van der Waals surface area contributed by atoms with Gasteiger partial charge in [0.15, 0.2) is 5.98 Å². The first-order valence-electron chi connectivity index (χ1n) is 0.507. The summed E-state index contributed by atoms with van der Waals surface area (Å²) in [6, 6.07) is 0. The van der Waals surface area contributed by atoms with Gasteiger partial charge in [-0.3, -0.25) is 0 Å². The van der Waals surface area contributed by atoms with Crippen molar-refractivity contribution in [1.82, 2.24) is 0 Å². The highest BCUT2D eigenvalue weighted by atomic mass is 36.0. The van der Waals surface area contributed by atoms with Gasteiger partial charge in [0.05, 0.1) is 0 Å². The lowest BCUT2D eigenvalue weighted by Crippen LogP contribution is -0.958. The summed E-state index contributed by atoms with van der Waals surface area (Å²) < 4.78 is 0. The molecule has 0 aromatic heterocycles. The van der Waals surface area contributed by atoms with Gasteiger partial charge < -0.3 is 0 Å². The molecule has 10 heavy (non-hydrogen) atoms. The molecule has 0 saturated heterocycles. The zero-order valence-electron chi connectivity index (χ0n) is 4.33. The summed E-state index contributed by atoms with van der Waals surface area (Å²) in [5, 5.41) is 0. The largest absolute Gasteiger partial charge is 0.179 e. The van der Waals surface area contributed by atoms with Gasteiger partial charge in [0.2, 0.25) is 0 Å². The molecule has 0 aliphatic carbocycles. The number of rotatable bonds is 0. The van der Waals surface area contributed by atoms with Crippen molar-refractivity contribution < 1.29 is 0 Å². The van der Waals surface area contributed by atoms with Gasteiger partial charge in [-0.15, -0.1) is 62.0 Å². The van der Waals surface area contributed by atoms with Crippen molar-refractivity contribution in [1.29, 1.82) is 0 Å². The van der Waals surface area contributed by atoms with Crippen LogP contribution in [-0.2, 0) is 0 Å². The van der Waals surface area contributed by atoms with Crippen LogP contribution >= 0.6 is 112 Å². The van der Waals surface area contributed by atoms with Crippen molar-refractivity contribution in [3.05, 3.63) is 0 Å². The van der Waals surface area contributed by atoms with Crippen LogP contribution in [-0.4, -0.2) is 0 Å². The Labute approximate surface area is 111 Å². The van der Waals surface area contributed by atoms with Crippen LogP contribution in [0.5, 0.6) is 0 Å². The summed E-state index contributed by atoms with van der Waals surface area (Å²) >= 11 is 14.6. The Morgan fingerprint density at radius 1 is 0.600 bits per heavy atom. The standard InChI is InChI=1S/Cl3P.5ClH.H3P/c1-4(2)3;;;;;;/h;5*1H;1H3. The Balaban J connectivity index is -0.00000000300. The van der Waals surface area contributed by atoms with Crippen molar-refractivity contribution in [3.63, 3.8) is 0 Å². The van der Waals surface area contributed by atoms with Gasteiger partial charge >= 0.3 is 0 Å². The van der Waals surface area contributed by atoms with Crippen molar-refractivity contribution in [2.75, 3.05) is 0 Å². The van der Waals surface area contributed by atoms with E-state index in [0.29, 0.717) is 0 Å². The Morgan fingerprint density at radius 3 is 0.600 bits per heavy atom. The summed E-state index contributed by atoms with van der Waals surface area (Å²) in [7, 11) is 0. The van der Waals surface area contributed by atoms with E-state index in [0.717, 1.165) is 0 Å². The third-order valence-electron chi connectivity index (χ3n) is 0. The van der Waals surface area contributed by atoms with Gasteiger partial charge in [0, 0.05) is 0 Å². The van der Waals surface area contributed by atoms with E-state index in [1.54, 1.807) is 0 Å². The molecule has 1 atom stereocenters. The van der Waals surface area contributed by atoms with Gasteiger partial charge in [0.1, 0.15) is 0 Å². The van der Waals surface area contributed by atoms with E-state index in [2.05, 4.69) is 0 Å². The van der Waals surface area contributed by atoms with E-state index >= 15 is 0 Å². The van der Waals surface area contributed by atoms with Gasteiger partial charge in [-0.05, 0) is 0 Å². The lowest BCUT2D eigenvalue weighted by molar-refractivity contribution is 4.58. The molecule has 0 fully saturated rings. The predicted molar refractivity (Wildman–Crippen MR) is 71.8 cm³/mol. The zero-order chi connectivity index (χ0) is 3.58. The van der Waals surface area contributed by atoms with Crippen LogP contribution in [0, 0.1) is 0 Å². The maximum Gasteiger partial charge on any atom is 0.179 e. The lowest BCUT2D eigenvalue weighted by atomic mass is 30.4. The van der Waals surface area contributed by atoms with Gasteiger partial charge in [-0.2, -0.15) is 9.90 Å². The predicted octanol–water partition coefficient (Wildman–Crippen LogP) is 5.10. The molecule has 1 unspecified atom stereocenters. The minimum absolute atomic E-state index is 0. The fraction of sp³-hybridized carbons (Fsp3) is 0. The van der Waals surface area contributed by atoms with Crippen molar-refractivity contribution in [3.8, 4) is 0 Å². The number of halogens is 8. The smallest absolute Gasteiger partial charge is 0.153 e. The molecule has 0 aliphatic heterocycles. The van der Waals surface area contributed by atoms with Gasteiger partial charge in [-0.1, -0.05) is 33.7 Å². The van der Waals surface area contributed by atoms with E-state index in [1.165, 1.54) is 0 Å². The van der Waals surface area contributed by atoms with E-state index in [9.17, 15) is 0 Å². The van der Waals surface area contributed by atoms with E-state index in [1.807, 2.05) is 0 Å². The van der Waals surface area contributed by atoms with Crippen LogP contribution in [0.15, 0.2) is 0 Å². The fourth-order valence-corrected chi connectivity index (χ4v) is 0. The average Bonchev–Trinajstić information content (AvgIpc) is 0.811. The summed E-state index contributed by atoms with van der Waals surface area (Å²) in [6.07, 6.45) is 0. The minimum atomic E-state index is -1.20. The van der Waals surface area contributed by atoms with Crippen LogP contribution in [0.3, 0.4) is 0 Å². The Bertz CT molecular complexity index is 12.0. The highest BCUT2D eigenvalue weighted by Crippen LogP contribution is 2.51. The zero-order valence-corrected chi connectivity index (χ0v) is 13.0. The summed E-state index contributed by atoms with van der Waals surface area (Å²) in [5.74, 6) is -1.20. The van der Waals surface area contributed by atoms with E-state index < -0.39 is 5.98 Å². The fourth-order valence-electron chi connectivity index (χ4n) is 0. The quantitative estimate of drug-likeness (QED) is 0.532. The van der Waals surface area contributed by atoms with Crippen molar-refractivity contribution in [2.24, 2.45) is 0 Å². The second-order valence-corrected chi connectivity index (χ2v) is 5.17. The summed E-state index contributed by atoms with van der Waals surface area (Å²) in [4.78, 5) is 0. The molecule has 0 saturated carbocycles. The molecule has 0 N–H and O–H groups in total. The van der Waals surface area contributed by atoms with Crippen molar-refractivity contribution >= 4 is 112 Å². The van der Waals surface area contributed by atoms with Crippen molar-refractivity contribution in [2.45, 2.75) is 0 Å². The second-order valence-electron chi connectivity index (χ2n) is 0.192. The maximum atomic E-state index is 4.87. The first kappa shape index (κ1) is 51.2. The normalized spacial score (nSPS) is 3.60. The summed E-state index contributed by atoms with van der Waals surface area (Å²) in [6.45, 7) is 0. The second kappa shape index (κ2) is 39.9. The van der Waals surface area contributed by atoms with E-state index in [4.69, 9.17) is 33.7 Å². The van der Waals surface area contributed by atoms with Crippen LogP contribution < -0.4 is 0 Å². The topological polar surface area (TPSA) is 0 Å². The molecule has 0 aromatic rings. The van der Waals surface area contributed by atoms with E-state index in [-0.39, 0.29) is 71.9 Å². The molecule has 10 heteroatoms. The van der Waals surface area contributed by atoms with Crippen LogP contribution in [0.1, 0.15) is 0 Å². The molecule has 0 spiro atoms. The molecule has 0 nitrogen and oxygen atoms in total. The van der Waals surface area contributed by atoms with Gasteiger partial charge in [0.25, 0.3) is 0 Å². The number of hydrogen-bond acceptors (Lipinski definition) is 0. The average molecular weight is 354 g/mol. The SMILES string of the molecule is Cl.Cl.Cl.Cl.Cl.ClP(Cl)Cl.P. The molecular weight excluding hydrogens is 346 g/mol. The minimum Gasteiger partial charge on any atom is -0.153 e. The van der Waals surface area contributed by atoms with Crippen LogP contribution in [0.2, 0.25) is 0 Å². The molecule has 0 radical (unpaired) electrons. The first-order chi connectivity index (χ1) is 1.73. The Morgan fingerprint density at radius 2 is 0.600 bits per heavy atom. The number of hydrogen-bond donors (Lipinski definition) is 0. The highest BCUT2D eigenvalue weighted by molar-refractivity contribution is 8.20. The first-order valence-corrected chi connectivity index (χ1v) is 4.56.